The molecule has 2 aliphatic heterocycles. The van der Waals surface area contributed by atoms with E-state index < -0.39 is 151 Å². The van der Waals surface area contributed by atoms with Crippen molar-refractivity contribution < 1.29 is 77.6 Å². The topological polar surface area (TPSA) is 539 Å². The molecule has 0 unspecified atom stereocenters. The molecule has 2 saturated heterocycles. The minimum absolute atomic E-state index is 0.00106. The van der Waals surface area contributed by atoms with Crippen LogP contribution in [0.4, 0.5) is 0 Å². The number of aliphatic imine (C=N–C) groups is 1. The highest BCUT2D eigenvalue weighted by Crippen LogP contribution is 2.26. The molecule has 0 radical (unpaired) electrons. The molecule has 2 heterocycles. The summed E-state index contributed by atoms with van der Waals surface area (Å²) in [5.41, 5.74) is 34.4. The number of carbonyl (C=O) groups excluding carboxylic acids is 11. The van der Waals surface area contributed by atoms with E-state index >= 15 is 0 Å². The first-order chi connectivity index (χ1) is 39.1. The molecule has 456 valence electrons. The first-order valence-corrected chi connectivity index (χ1v) is 28.1. The van der Waals surface area contributed by atoms with Crippen molar-refractivity contribution in [1.82, 2.24) is 42.1 Å². The summed E-state index contributed by atoms with van der Waals surface area (Å²) in [6, 6.07) is 2.80. The van der Waals surface area contributed by atoms with E-state index in [4.69, 9.17) is 54.2 Å². The van der Waals surface area contributed by atoms with Crippen LogP contribution in [0, 0.1) is 0 Å². The maximum absolute atomic E-state index is 14.6. The largest absolute Gasteiger partial charge is 0.508 e. The smallest absolute Gasteiger partial charge is 0.300 e. The number of nitrogens with zero attached hydrogens (tertiary/aromatic N) is 2. The monoisotopic (exact) mass is 1200 g/mol. The molecular weight excluding hydrogens is 1130 g/mol. The van der Waals surface area contributed by atoms with Crippen LogP contribution in [0.3, 0.4) is 0 Å². The van der Waals surface area contributed by atoms with E-state index in [1.54, 1.807) is 30.3 Å². The third-order valence-corrected chi connectivity index (χ3v) is 14.1. The third kappa shape index (κ3) is 28.0. The number of aromatic hydroxyl groups is 1. The Morgan fingerprint density at radius 2 is 1.20 bits per heavy atom. The Balaban J connectivity index is 0.00000275. The Labute approximate surface area is 484 Å². The van der Waals surface area contributed by atoms with Gasteiger partial charge in [-0.2, -0.15) is 0 Å². The molecule has 0 saturated carbocycles. The van der Waals surface area contributed by atoms with Gasteiger partial charge in [-0.1, -0.05) is 64.1 Å². The van der Waals surface area contributed by atoms with Crippen LogP contribution in [0.2, 0.25) is 0 Å². The number of nitrogens with two attached hydrogens (primary N) is 6. The summed E-state index contributed by atoms with van der Waals surface area (Å²) in [7, 11) is 1.99. The molecule has 4 rings (SSSR count). The summed E-state index contributed by atoms with van der Waals surface area (Å²) < 4.78 is 0. The van der Waals surface area contributed by atoms with Crippen LogP contribution in [0.1, 0.15) is 69.9 Å². The van der Waals surface area contributed by atoms with Crippen molar-refractivity contribution in [2.75, 3.05) is 31.1 Å². The second-order valence-corrected chi connectivity index (χ2v) is 21.2. The summed E-state index contributed by atoms with van der Waals surface area (Å²) in [5.74, 6) is -12.2. The lowest BCUT2D eigenvalue weighted by atomic mass is 10.0. The molecular formula is C50H73N15O16S2. The van der Waals surface area contributed by atoms with Gasteiger partial charge in [-0.3, -0.25) is 67.3 Å². The highest BCUT2D eigenvalue weighted by atomic mass is 33.1. The molecule has 0 spiro atoms. The SMILES string of the molecule is CC(=O)O.CC(=O)O.NC(=O)CC[C@@H]1NC(=O)[C@H](Cc2ccccc2)NC(=O)[C@H](Cc2ccc(O)cc2)NC(=O)[C@@H](N)CSSC[C@@H](C(=O)N2CCC[C@H]2C(=O)N[C@@H](CCCN=C(N)N)C(=O)NCC(N)=O)NC(=O)[C@H](CC(N)=O)NC1=O. The molecule has 2 fully saturated rings. The van der Waals surface area contributed by atoms with Crippen LogP contribution < -0.4 is 71.6 Å². The van der Waals surface area contributed by atoms with Gasteiger partial charge in [0, 0.05) is 57.7 Å². The number of aliphatic carboxylic acids is 2. The average Bonchev–Trinajstić information content (AvgIpc) is 4.09. The number of phenolic OH excluding ortho intramolecular Hbond substituents is 1. The summed E-state index contributed by atoms with van der Waals surface area (Å²) in [6.45, 7) is 1.72. The number of carboxylic acids is 2. The number of hydrogen-bond acceptors (Lipinski definition) is 18. The van der Waals surface area contributed by atoms with Gasteiger partial charge in [-0.15, -0.1) is 0 Å². The van der Waals surface area contributed by atoms with Crippen molar-refractivity contribution >= 4 is 104 Å². The Hall–Kier alpha value is -8.72. The van der Waals surface area contributed by atoms with Crippen molar-refractivity contribution in [3.05, 3.63) is 65.7 Å². The first kappa shape index (κ1) is 70.4. The van der Waals surface area contributed by atoms with Crippen molar-refractivity contribution in [3.63, 3.8) is 0 Å². The Bertz CT molecular complexity index is 2610. The minimum atomic E-state index is -1.80. The van der Waals surface area contributed by atoms with Gasteiger partial charge in [-0.05, 0) is 55.4 Å². The molecule has 2 aromatic rings. The van der Waals surface area contributed by atoms with Crippen LogP contribution in [-0.4, -0.2) is 183 Å². The van der Waals surface area contributed by atoms with Gasteiger partial charge in [0.1, 0.15) is 48.0 Å². The summed E-state index contributed by atoms with van der Waals surface area (Å²) in [6.07, 6.45) is -1.38. The lowest BCUT2D eigenvalue weighted by Gasteiger charge is -2.31. The number of primary amides is 3. The molecule has 0 aliphatic carbocycles. The Morgan fingerprint density at radius 3 is 1.76 bits per heavy atom. The normalized spacial score (nSPS) is 21.0. The zero-order valence-electron chi connectivity index (χ0n) is 45.5. The van der Waals surface area contributed by atoms with E-state index in [1.165, 1.54) is 29.2 Å². The summed E-state index contributed by atoms with van der Waals surface area (Å²) >= 11 is 0. The number of nitrogens with one attached hydrogen (secondary N) is 7. The Kier molecular flexibility index (Phi) is 31.0. The van der Waals surface area contributed by atoms with E-state index in [-0.39, 0.29) is 68.4 Å². The third-order valence-electron chi connectivity index (χ3n) is 11.6. The highest BCUT2D eigenvalue weighted by molar-refractivity contribution is 8.76. The fourth-order valence-corrected chi connectivity index (χ4v) is 10.1. The number of amides is 11. The number of likely N-dealkylation sites (tertiary alicyclic amines) is 1. The van der Waals surface area contributed by atoms with Crippen molar-refractivity contribution in [1.29, 1.82) is 0 Å². The Morgan fingerprint density at radius 1 is 0.687 bits per heavy atom. The van der Waals surface area contributed by atoms with Gasteiger partial charge < -0.3 is 91.8 Å². The maximum atomic E-state index is 14.6. The number of carboxylic acid groups (broad SMARTS) is 2. The number of guanidine groups is 1. The minimum Gasteiger partial charge on any atom is -0.508 e. The maximum Gasteiger partial charge on any atom is 0.300 e. The second-order valence-electron chi connectivity index (χ2n) is 18.6. The number of benzene rings is 2. The molecule has 0 bridgehead atoms. The highest BCUT2D eigenvalue weighted by Gasteiger charge is 2.40. The number of carbonyl (C=O) groups is 13. The number of rotatable bonds is 19. The standard InChI is InChI=1S/C46H65N15O12S2.2C2H4O2/c47-27-22-74-75-23-33(45(73)61-17-5-9-34(61)44(72)56-28(8-4-16-53-46(51)52)39(67)54-21-37(50)65)60-43(71)32(20-36(49)64)59-40(68)29(14-15-35(48)63)55-41(69)31(18-24-6-2-1-3-7-24)58-42(70)30(57-38(27)66)19-25-10-12-26(62)13-11-25;2*1-2(3)4/h1-3,6-7,10-13,27-34,62H,4-5,8-9,14-23,47H2,(H2,48,63)(H2,49,64)(H2,50,65)(H,54,67)(H,55,69)(H,56,72)(H,57,66)(H,58,70)(H,59,68)(H,60,71)(H4,51,52,53);2*1H3,(H,3,4)/t27-,28-,29-,30-,31-,32-,33-,34-;;/m0../s1. The number of phenols is 1. The molecule has 31 nitrogen and oxygen atoms in total. The molecule has 83 heavy (non-hydrogen) atoms. The molecule has 22 N–H and O–H groups in total. The van der Waals surface area contributed by atoms with E-state index in [1.807, 2.05) is 0 Å². The predicted octanol–water partition coefficient (Wildman–Crippen LogP) is -5.22. The molecule has 2 aliphatic rings. The van der Waals surface area contributed by atoms with Crippen LogP contribution in [0.5, 0.6) is 5.75 Å². The first-order valence-electron chi connectivity index (χ1n) is 25.6. The van der Waals surface area contributed by atoms with E-state index in [0.717, 1.165) is 35.4 Å². The van der Waals surface area contributed by atoms with Crippen LogP contribution in [0.15, 0.2) is 59.6 Å². The molecule has 8 atom stereocenters. The molecule has 0 aromatic heterocycles. The van der Waals surface area contributed by atoms with E-state index in [9.17, 15) is 57.8 Å². The van der Waals surface area contributed by atoms with Crippen molar-refractivity contribution in [2.45, 2.75) is 120 Å². The van der Waals surface area contributed by atoms with Gasteiger partial charge in [0.15, 0.2) is 5.96 Å². The van der Waals surface area contributed by atoms with Crippen LogP contribution in [-0.2, 0) is 75.2 Å². The average molecular weight is 1200 g/mol. The van der Waals surface area contributed by atoms with Gasteiger partial charge >= 0.3 is 0 Å². The van der Waals surface area contributed by atoms with Crippen LogP contribution in [0.25, 0.3) is 0 Å². The van der Waals surface area contributed by atoms with Gasteiger partial charge in [-0.25, -0.2) is 0 Å². The zero-order valence-corrected chi connectivity index (χ0v) is 47.2. The van der Waals surface area contributed by atoms with Crippen molar-refractivity contribution in [3.8, 4) is 5.75 Å². The van der Waals surface area contributed by atoms with Gasteiger partial charge in [0.2, 0.25) is 65.0 Å². The van der Waals surface area contributed by atoms with E-state index in [2.05, 4.69) is 42.2 Å². The molecule has 2 aromatic carbocycles. The van der Waals surface area contributed by atoms with Gasteiger partial charge in [0.05, 0.1) is 19.0 Å². The lowest BCUT2D eigenvalue weighted by Crippen LogP contribution is -2.61. The van der Waals surface area contributed by atoms with Gasteiger partial charge in [0.25, 0.3) is 11.9 Å². The van der Waals surface area contributed by atoms with Crippen molar-refractivity contribution in [2.24, 2.45) is 39.4 Å². The number of hydrogen-bond donors (Lipinski definition) is 16. The van der Waals surface area contributed by atoms with Crippen LogP contribution >= 0.6 is 21.6 Å². The molecule has 11 amide bonds. The zero-order chi connectivity index (χ0) is 62.3. The predicted molar refractivity (Wildman–Crippen MR) is 302 cm³/mol. The fraction of sp³-hybridized carbons (Fsp3) is 0.480. The van der Waals surface area contributed by atoms with E-state index in [0.29, 0.717) is 17.5 Å². The second kappa shape index (κ2) is 36.6. The summed E-state index contributed by atoms with van der Waals surface area (Å²) in [5, 5.41) is 42.5. The lowest BCUT2D eigenvalue weighted by molar-refractivity contribution is -0.142. The fourth-order valence-electron chi connectivity index (χ4n) is 7.80. The summed E-state index contributed by atoms with van der Waals surface area (Å²) in [4.78, 5) is 171. The molecule has 33 heteroatoms. The quantitative estimate of drug-likeness (QED) is 0.0270.